The van der Waals surface area contributed by atoms with Crippen molar-refractivity contribution in [2.24, 2.45) is 5.92 Å². The lowest BCUT2D eigenvalue weighted by Gasteiger charge is -2.27. The maximum Gasteiger partial charge on any atom is 0.306 e. The first-order chi connectivity index (χ1) is 9.97. The highest BCUT2D eigenvalue weighted by Crippen LogP contribution is 2.26. The Balaban J connectivity index is 1.90. The van der Waals surface area contributed by atoms with E-state index in [2.05, 4.69) is 15.5 Å². The molecule has 1 fully saturated rings. The van der Waals surface area contributed by atoms with E-state index in [0.29, 0.717) is 24.4 Å². The summed E-state index contributed by atoms with van der Waals surface area (Å²) in [4.78, 5) is 24.0. The summed E-state index contributed by atoms with van der Waals surface area (Å²) in [7, 11) is 3.33. The number of nitrogens with one attached hydrogen (secondary N) is 1. The van der Waals surface area contributed by atoms with Gasteiger partial charge in [-0.25, -0.2) is 0 Å². The Bertz CT molecular complexity index is 507. The second-order valence-electron chi connectivity index (χ2n) is 5.53. The van der Waals surface area contributed by atoms with Gasteiger partial charge in [-0.3, -0.25) is 9.59 Å². The number of amides is 1. The lowest BCUT2D eigenvalue weighted by Crippen LogP contribution is -2.29. The third kappa shape index (κ3) is 3.90. The predicted molar refractivity (Wildman–Crippen MR) is 77.1 cm³/mol. The van der Waals surface area contributed by atoms with Crippen LogP contribution in [-0.2, 0) is 4.79 Å². The Morgan fingerprint density at radius 1 is 1.19 bits per heavy atom. The van der Waals surface area contributed by atoms with Crippen LogP contribution < -0.4 is 5.32 Å². The molecule has 1 amide bonds. The van der Waals surface area contributed by atoms with Crippen LogP contribution in [0.1, 0.15) is 36.2 Å². The lowest BCUT2D eigenvalue weighted by atomic mass is 9.86. The van der Waals surface area contributed by atoms with Gasteiger partial charge in [0.15, 0.2) is 5.69 Å². The van der Waals surface area contributed by atoms with Crippen LogP contribution in [0, 0.1) is 5.92 Å². The third-order valence-electron chi connectivity index (χ3n) is 3.72. The third-order valence-corrected chi connectivity index (χ3v) is 3.72. The molecule has 1 aromatic heterocycles. The number of aromatic nitrogens is 2. The monoisotopic (exact) mass is 292 g/mol. The molecule has 0 saturated heterocycles. The van der Waals surface area contributed by atoms with Gasteiger partial charge in [-0.2, -0.15) is 0 Å². The van der Waals surface area contributed by atoms with E-state index in [1.165, 1.54) is 4.90 Å². The molecule has 0 unspecified atom stereocenters. The summed E-state index contributed by atoms with van der Waals surface area (Å²) in [6.45, 7) is 0. The van der Waals surface area contributed by atoms with Crippen LogP contribution in [0.4, 0.5) is 5.82 Å². The number of hydrogen-bond acceptors (Lipinski definition) is 5. The number of anilines is 1. The number of carbonyl (C=O) groups is 2. The van der Waals surface area contributed by atoms with Crippen LogP contribution in [0.2, 0.25) is 0 Å². The van der Waals surface area contributed by atoms with Gasteiger partial charge in [0.05, 0.1) is 5.92 Å². The first-order valence-electron chi connectivity index (χ1n) is 7.02. The fourth-order valence-corrected chi connectivity index (χ4v) is 2.45. The minimum Gasteiger partial charge on any atom is -0.481 e. The highest BCUT2D eigenvalue weighted by molar-refractivity contribution is 5.91. The first kappa shape index (κ1) is 15.2. The van der Waals surface area contributed by atoms with Crippen molar-refractivity contribution in [2.45, 2.75) is 31.7 Å². The van der Waals surface area contributed by atoms with Gasteiger partial charge in [-0.05, 0) is 37.8 Å². The number of carboxylic acid groups (broad SMARTS) is 1. The molecule has 0 spiro atoms. The molecule has 2 rings (SSSR count). The van der Waals surface area contributed by atoms with Crippen molar-refractivity contribution in [3.63, 3.8) is 0 Å². The molecule has 1 aliphatic carbocycles. The van der Waals surface area contributed by atoms with Gasteiger partial charge in [-0.1, -0.05) is 0 Å². The number of nitrogens with zero attached hydrogens (tertiary/aromatic N) is 3. The molecule has 0 aromatic carbocycles. The van der Waals surface area contributed by atoms with Gasteiger partial charge in [0, 0.05) is 20.1 Å². The molecule has 114 valence electrons. The Hall–Kier alpha value is -2.18. The van der Waals surface area contributed by atoms with Crippen molar-refractivity contribution < 1.29 is 14.7 Å². The van der Waals surface area contributed by atoms with Crippen LogP contribution in [0.5, 0.6) is 0 Å². The van der Waals surface area contributed by atoms with Crippen LogP contribution in [-0.4, -0.2) is 52.2 Å². The summed E-state index contributed by atoms with van der Waals surface area (Å²) in [6, 6.07) is 3.58. The largest absolute Gasteiger partial charge is 0.481 e. The van der Waals surface area contributed by atoms with Gasteiger partial charge < -0.3 is 15.3 Å². The minimum absolute atomic E-state index is 0.184. The van der Waals surface area contributed by atoms with E-state index in [0.717, 1.165) is 12.8 Å². The van der Waals surface area contributed by atoms with Gasteiger partial charge in [0.2, 0.25) is 0 Å². The molecule has 0 radical (unpaired) electrons. The molecular weight excluding hydrogens is 272 g/mol. The van der Waals surface area contributed by atoms with Crippen LogP contribution >= 0.6 is 0 Å². The maximum absolute atomic E-state index is 11.7. The van der Waals surface area contributed by atoms with Crippen LogP contribution in [0.15, 0.2) is 12.1 Å². The average Bonchev–Trinajstić information content (AvgIpc) is 2.47. The van der Waals surface area contributed by atoms with Crippen molar-refractivity contribution >= 4 is 17.7 Å². The van der Waals surface area contributed by atoms with E-state index in [4.69, 9.17) is 5.11 Å². The average molecular weight is 292 g/mol. The summed E-state index contributed by atoms with van der Waals surface area (Å²) in [5, 5.41) is 20.1. The summed E-state index contributed by atoms with van der Waals surface area (Å²) in [5.41, 5.74) is 0.306. The number of rotatable bonds is 4. The van der Waals surface area contributed by atoms with Crippen molar-refractivity contribution in [3.05, 3.63) is 17.8 Å². The summed E-state index contributed by atoms with van der Waals surface area (Å²) >= 11 is 0. The van der Waals surface area contributed by atoms with E-state index in [9.17, 15) is 9.59 Å². The fraction of sp³-hybridized carbons (Fsp3) is 0.571. The predicted octanol–water partition coefficient (Wildman–Crippen LogP) is 1.23. The molecule has 7 nitrogen and oxygen atoms in total. The van der Waals surface area contributed by atoms with Crippen molar-refractivity contribution in [1.29, 1.82) is 0 Å². The molecular formula is C14H20N4O3. The van der Waals surface area contributed by atoms with Gasteiger partial charge in [0.1, 0.15) is 5.82 Å². The second kappa shape index (κ2) is 6.51. The molecule has 0 atom stereocenters. The van der Waals surface area contributed by atoms with E-state index in [1.54, 1.807) is 26.2 Å². The summed E-state index contributed by atoms with van der Waals surface area (Å²) < 4.78 is 0. The van der Waals surface area contributed by atoms with Crippen molar-refractivity contribution in [1.82, 2.24) is 15.1 Å². The highest BCUT2D eigenvalue weighted by Gasteiger charge is 2.26. The van der Waals surface area contributed by atoms with Gasteiger partial charge >= 0.3 is 5.97 Å². The number of carboxylic acids is 1. The Labute approximate surface area is 123 Å². The van der Waals surface area contributed by atoms with Crippen LogP contribution in [0.3, 0.4) is 0 Å². The SMILES string of the molecule is CN(C)C(=O)c1ccc(NC2CCC(C(=O)O)CC2)nn1. The van der Waals surface area contributed by atoms with Gasteiger partial charge in [0.25, 0.3) is 5.91 Å². The second-order valence-corrected chi connectivity index (χ2v) is 5.53. The Kier molecular flexibility index (Phi) is 4.72. The number of carbonyl (C=O) groups excluding carboxylic acids is 1. The summed E-state index contributed by atoms with van der Waals surface area (Å²) in [5.74, 6) is -0.505. The number of aliphatic carboxylic acids is 1. The molecule has 0 bridgehead atoms. The standard InChI is InChI=1S/C14H20N4O3/c1-18(2)13(19)11-7-8-12(17-16-11)15-10-5-3-9(4-6-10)14(20)21/h7-10H,3-6H2,1-2H3,(H,15,17)(H,20,21). The van der Waals surface area contributed by atoms with Gasteiger partial charge in [-0.15, -0.1) is 10.2 Å². The smallest absolute Gasteiger partial charge is 0.306 e. The van der Waals surface area contributed by atoms with E-state index in [1.807, 2.05) is 0 Å². The van der Waals surface area contributed by atoms with Crippen LogP contribution in [0.25, 0.3) is 0 Å². The molecule has 1 aliphatic rings. The molecule has 7 heteroatoms. The first-order valence-corrected chi connectivity index (χ1v) is 7.02. The molecule has 0 aliphatic heterocycles. The fourth-order valence-electron chi connectivity index (χ4n) is 2.45. The van der Waals surface area contributed by atoms with E-state index >= 15 is 0 Å². The molecule has 21 heavy (non-hydrogen) atoms. The zero-order valence-electron chi connectivity index (χ0n) is 12.2. The topological polar surface area (TPSA) is 95.4 Å². The zero-order valence-corrected chi connectivity index (χ0v) is 12.2. The van der Waals surface area contributed by atoms with E-state index < -0.39 is 5.97 Å². The maximum atomic E-state index is 11.7. The molecule has 1 aromatic rings. The van der Waals surface area contributed by atoms with Crippen molar-refractivity contribution in [3.8, 4) is 0 Å². The molecule has 1 saturated carbocycles. The molecule has 1 heterocycles. The minimum atomic E-state index is -0.709. The molecule has 2 N–H and O–H groups in total. The quantitative estimate of drug-likeness (QED) is 0.866. The number of hydrogen-bond donors (Lipinski definition) is 2. The van der Waals surface area contributed by atoms with Crippen molar-refractivity contribution in [2.75, 3.05) is 19.4 Å². The Morgan fingerprint density at radius 2 is 1.86 bits per heavy atom. The normalized spacial score (nSPS) is 21.6. The van der Waals surface area contributed by atoms with E-state index in [-0.39, 0.29) is 17.9 Å². The summed E-state index contributed by atoms with van der Waals surface area (Å²) in [6.07, 6.45) is 2.96. The highest BCUT2D eigenvalue weighted by atomic mass is 16.4. The lowest BCUT2D eigenvalue weighted by molar-refractivity contribution is -0.142. The Morgan fingerprint density at radius 3 is 2.33 bits per heavy atom. The zero-order chi connectivity index (χ0) is 15.4.